The molecule has 10 heteroatoms. The minimum atomic E-state index is -0.845. The number of hydrogen-bond donors (Lipinski definition) is 6. The monoisotopic (exact) mass is 618 g/mol. The third-order valence-electron chi connectivity index (χ3n) is 9.02. The van der Waals surface area contributed by atoms with Crippen molar-refractivity contribution in [2.75, 3.05) is 0 Å². The van der Waals surface area contributed by atoms with E-state index in [2.05, 4.69) is 20.6 Å². The number of carbonyl (C=O) groups excluding carboxylic acids is 2. The number of rotatable bonds is 14. The van der Waals surface area contributed by atoms with Gasteiger partial charge in [0, 0.05) is 64.6 Å². The summed E-state index contributed by atoms with van der Waals surface area (Å²) >= 11 is 0. The van der Waals surface area contributed by atoms with Crippen LogP contribution in [-0.4, -0.2) is 43.9 Å². The summed E-state index contributed by atoms with van der Waals surface area (Å²) in [5.41, 5.74) is 12.5. The summed E-state index contributed by atoms with van der Waals surface area (Å²) in [6.07, 6.45) is 8.02. The van der Waals surface area contributed by atoms with Gasteiger partial charge in [-0.05, 0) is 112 Å². The van der Waals surface area contributed by atoms with Crippen molar-refractivity contribution in [1.29, 1.82) is 0 Å². The molecule has 0 saturated heterocycles. The topological polar surface area (TPSA) is 164 Å². The van der Waals surface area contributed by atoms with Crippen molar-refractivity contribution >= 4 is 35.9 Å². The molecule has 0 spiro atoms. The number of carboxylic acids is 2. The quantitative estimate of drug-likeness (QED) is 0.147. The van der Waals surface area contributed by atoms with E-state index < -0.39 is 11.9 Å². The van der Waals surface area contributed by atoms with E-state index >= 15 is 0 Å². The number of carbonyl (C=O) groups is 4. The molecule has 2 aromatic heterocycles. The zero-order valence-corrected chi connectivity index (χ0v) is 27.0. The van der Waals surface area contributed by atoms with Crippen LogP contribution in [-0.2, 0) is 38.4 Å². The average Bonchev–Trinajstić information content (AvgIpc) is 3.62. The van der Waals surface area contributed by atoms with E-state index in [1.54, 1.807) is 0 Å². The molecule has 4 heterocycles. The van der Waals surface area contributed by atoms with Crippen LogP contribution in [0.2, 0.25) is 0 Å². The van der Waals surface area contributed by atoms with Crippen LogP contribution in [0.1, 0.15) is 111 Å². The van der Waals surface area contributed by atoms with Crippen LogP contribution in [0, 0.1) is 13.8 Å². The molecule has 0 atom stereocenters. The standard InChI is InChI=1S/C35H44N4O6/c1-7-22-20(5)34(44)38-28(22)15-26-18(3)24(11-9-13-32(40)41)30(36-26)17-31-25(12-10-14-33(42)43)19(4)27(37-31)16-29-23(8-2)21(6)35(45)39-29/h15-16,36-37H,7-14,17H2,1-6H3,(H,38,44)(H,39,45)(H,40,41)(H,42,43)/b28-15-,29-16-/i32+1,33+1. The Morgan fingerprint density at radius 2 is 1.04 bits per heavy atom. The van der Waals surface area contributed by atoms with Crippen molar-refractivity contribution in [2.45, 2.75) is 99.3 Å². The number of aromatic nitrogens is 2. The summed E-state index contributed by atoms with van der Waals surface area (Å²) in [6.45, 7) is 11.7. The van der Waals surface area contributed by atoms with Gasteiger partial charge in [0.1, 0.15) is 0 Å². The summed E-state index contributed by atoms with van der Waals surface area (Å²) in [4.78, 5) is 54.6. The Labute approximate surface area is 263 Å². The number of aromatic amines is 2. The number of hydrogen-bond acceptors (Lipinski definition) is 4. The first kappa shape index (κ1) is 33.3. The van der Waals surface area contributed by atoms with E-state index in [0.29, 0.717) is 56.1 Å². The second kappa shape index (κ2) is 14.0. The maximum atomic E-state index is 12.4. The first-order valence-electron chi connectivity index (χ1n) is 15.7. The maximum Gasteiger partial charge on any atom is 0.303 e. The third kappa shape index (κ3) is 7.21. The fraction of sp³-hybridized carbons (Fsp3) is 0.429. The zero-order valence-electron chi connectivity index (χ0n) is 27.0. The summed E-state index contributed by atoms with van der Waals surface area (Å²) < 4.78 is 0. The highest BCUT2D eigenvalue weighted by Gasteiger charge is 2.26. The molecule has 240 valence electrons. The van der Waals surface area contributed by atoms with Gasteiger partial charge in [-0.1, -0.05) is 13.8 Å². The molecule has 0 bridgehead atoms. The lowest BCUT2D eigenvalue weighted by atomic mass is 9.98. The van der Waals surface area contributed by atoms with Gasteiger partial charge in [-0.15, -0.1) is 0 Å². The van der Waals surface area contributed by atoms with Gasteiger partial charge in [-0.2, -0.15) is 0 Å². The summed E-state index contributed by atoms with van der Waals surface area (Å²) in [7, 11) is 0. The van der Waals surface area contributed by atoms with E-state index in [0.717, 1.165) is 67.6 Å². The van der Waals surface area contributed by atoms with Gasteiger partial charge >= 0.3 is 11.9 Å². The molecule has 4 rings (SSSR count). The Bertz CT molecular complexity index is 1550. The Balaban J connectivity index is 1.78. The molecule has 0 radical (unpaired) electrons. The minimum absolute atomic E-state index is 0.0522. The van der Waals surface area contributed by atoms with Gasteiger partial charge in [0.2, 0.25) is 0 Å². The van der Waals surface area contributed by atoms with Crippen molar-refractivity contribution in [3.63, 3.8) is 0 Å². The molecule has 0 aromatic carbocycles. The normalized spacial score (nSPS) is 16.8. The minimum Gasteiger partial charge on any atom is -0.481 e. The first-order chi connectivity index (χ1) is 21.4. The van der Waals surface area contributed by atoms with Gasteiger partial charge < -0.3 is 30.8 Å². The Kier molecular flexibility index (Phi) is 10.4. The van der Waals surface area contributed by atoms with E-state index in [4.69, 9.17) is 0 Å². The van der Waals surface area contributed by atoms with E-state index in [1.807, 2.05) is 53.7 Å². The fourth-order valence-corrected chi connectivity index (χ4v) is 6.43. The molecule has 0 fully saturated rings. The largest absolute Gasteiger partial charge is 0.481 e. The first-order valence-corrected chi connectivity index (χ1v) is 15.7. The molecule has 45 heavy (non-hydrogen) atoms. The highest BCUT2D eigenvalue weighted by atomic mass is 16.5. The van der Waals surface area contributed by atoms with Crippen LogP contribution in [0.4, 0.5) is 0 Å². The van der Waals surface area contributed by atoms with Crippen molar-refractivity contribution in [3.8, 4) is 0 Å². The predicted molar refractivity (Wildman–Crippen MR) is 173 cm³/mol. The number of carboxylic acid groups (broad SMARTS) is 2. The number of amides is 2. The smallest absolute Gasteiger partial charge is 0.303 e. The maximum absolute atomic E-state index is 12.4. The van der Waals surface area contributed by atoms with Crippen LogP contribution in [0.5, 0.6) is 0 Å². The van der Waals surface area contributed by atoms with Gasteiger partial charge in [0.25, 0.3) is 11.8 Å². The molecule has 6 N–H and O–H groups in total. The second-order valence-corrected chi connectivity index (χ2v) is 11.9. The summed E-state index contributed by atoms with van der Waals surface area (Å²) in [6, 6.07) is 0. The third-order valence-corrected chi connectivity index (χ3v) is 9.02. The molecule has 2 aliphatic rings. The molecule has 0 saturated carbocycles. The lowest BCUT2D eigenvalue weighted by molar-refractivity contribution is -0.138. The van der Waals surface area contributed by atoms with Crippen LogP contribution < -0.4 is 10.6 Å². The molecule has 2 aliphatic heterocycles. The SMILES string of the molecule is CCC1=C(C)C(=O)N/C1=C\c1[nH]c(Cc2[nH]c(/C=C3\NC(=O)C(C)=C3CC)c(C)c2CCC[13C](=O)O)c(CCC[13C](=O)O)c1C. The Morgan fingerprint density at radius 1 is 0.667 bits per heavy atom. The highest BCUT2D eigenvalue weighted by Crippen LogP contribution is 2.32. The van der Waals surface area contributed by atoms with Gasteiger partial charge in [0.05, 0.1) is 0 Å². The summed E-state index contributed by atoms with van der Waals surface area (Å²) in [5.74, 6) is -1.90. The Hall–Kier alpha value is -4.60. The number of aliphatic carboxylic acids is 2. The van der Waals surface area contributed by atoms with E-state index in [9.17, 15) is 29.4 Å². The molecular formula is C35H44N4O6. The van der Waals surface area contributed by atoms with E-state index in [1.165, 1.54) is 0 Å². The fourth-order valence-electron chi connectivity index (χ4n) is 6.43. The number of H-pyrrole nitrogens is 2. The molecule has 0 unspecified atom stereocenters. The van der Waals surface area contributed by atoms with Crippen molar-refractivity contribution < 1.29 is 29.4 Å². The van der Waals surface area contributed by atoms with Crippen LogP contribution in [0.25, 0.3) is 12.2 Å². The average molecular weight is 619 g/mol. The molecule has 2 amide bonds. The van der Waals surface area contributed by atoms with Crippen LogP contribution in [0.15, 0.2) is 33.7 Å². The molecular weight excluding hydrogens is 574 g/mol. The molecule has 0 aliphatic carbocycles. The second-order valence-electron chi connectivity index (χ2n) is 11.9. The zero-order chi connectivity index (χ0) is 33.0. The number of allylic oxidation sites excluding steroid dienone is 2. The van der Waals surface area contributed by atoms with Gasteiger partial charge in [0.15, 0.2) is 0 Å². The molecule has 2 aromatic rings. The predicted octanol–water partition coefficient (Wildman–Crippen LogP) is 5.76. The van der Waals surface area contributed by atoms with Crippen LogP contribution >= 0.6 is 0 Å². The van der Waals surface area contributed by atoms with Gasteiger partial charge in [-0.25, -0.2) is 0 Å². The Morgan fingerprint density at radius 3 is 1.38 bits per heavy atom. The highest BCUT2D eigenvalue weighted by molar-refractivity contribution is 6.01. The lowest BCUT2D eigenvalue weighted by Gasteiger charge is -2.08. The number of nitrogens with one attached hydrogen (secondary N) is 4. The van der Waals surface area contributed by atoms with Crippen molar-refractivity contribution in [3.05, 3.63) is 78.7 Å². The lowest BCUT2D eigenvalue weighted by Crippen LogP contribution is -2.15. The van der Waals surface area contributed by atoms with E-state index in [-0.39, 0.29) is 24.7 Å². The molecule has 10 nitrogen and oxygen atoms in total. The van der Waals surface area contributed by atoms with Crippen molar-refractivity contribution in [2.24, 2.45) is 0 Å². The van der Waals surface area contributed by atoms with Crippen LogP contribution in [0.3, 0.4) is 0 Å². The van der Waals surface area contributed by atoms with Crippen molar-refractivity contribution in [1.82, 2.24) is 20.6 Å². The summed E-state index contributed by atoms with van der Waals surface area (Å²) in [5, 5.41) is 24.5. The van der Waals surface area contributed by atoms with Gasteiger partial charge in [-0.3, -0.25) is 19.2 Å².